The van der Waals surface area contributed by atoms with Crippen LogP contribution in [0.4, 0.5) is 0 Å². The summed E-state index contributed by atoms with van der Waals surface area (Å²) in [4.78, 5) is 2.51. The van der Waals surface area contributed by atoms with Gasteiger partial charge in [0.1, 0.15) is 13.2 Å². The molecule has 126 valence electrons. The molecule has 3 aliphatic rings. The molecule has 1 aromatic carbocycles. The van der Waals surface area contributed by atoms with Crippen LogP contribution < -0.4 is 14.8 Å². The third-order valence-corrected chi connectivity index (χ3v) is 5.32. The molecule has 0 amide bonds. The van der Waals surface area contributed by atoms with Crippen molar-refractivity contribution in [2.24, 2.45) is 5.92 Å². The van der Waals surface area contributed by atoms with Gasteiger partial charge in [0, 0.05) is 12.6 Å². The molecule has 2 aliphatic heterocycles. The van der Waals surface area contributed by atoms with Crippen molar-refractivity contribution in [2.75, 3.05) is 32.8 Å². The Balaban J connectivity index is 1.31. The van der Waals surface area contributed by atoms with Crippen LogP contribution in [-0.4, -0.2) is 43.8 Å². The van der Waals surface area contributed by atoms with Gasteiger partial charge in [-0.1, -0.05) is 11.6 Å². The molecular weight excluding hydrogens is 312 g/mol. The SMILES string of the molecule is Clc1cc(CN2CCC(NCC3CC3)CC2)cc2c1OCCO2. The van der Waals surface area contributed by atoms with Crippen LogP contribution in [0, 0.1) is 5.92 Å². The Hall–Kier alpha value is -0.970. The van der Waals surface area contributed by atoms with E-state index in [0.717, 1.165) is 31.3 Å². The van der Waals surface area contributed by atoms with Crippen LogP contribution in [-0.2, 0) is 6.54 Å². The van der Waals surface area contributed by atoms with E-state index >= 15 is 0 Å². The molecule has 0 atom stereocenters. The van der Waals surface area contributed by atoms with E-state index in [0.29, 0.717) is 30.0 Å². The highest BCUT2D eigenvalue weighted by atomic mass is 35.5. The molecule has 5 heteroatoms. The first-order chi connectivity index (χ1) is 11.3. The highest BCUT2D eigenvalue weighted by molar-refractivity contribution is 6.32. The molecule has 0 radical (unpaired) electrons. The molecule has 0 unspecified atom stereocenters. The van der Waals surface area contributed by atoms with Gasteiger partial charge < -0.3 is 14.8 Å². The van der Waals surface area contributed by atoms with E-state index in [1.165, 1.54) is 37.8 Å². The average Bonchev–Trinajstić information content (AvgIpc) is 3.39. The highest BCUT2D eigenvalue weighted by Crippen LogP contribution is 2.38. The third kappa shape index (κ3) is 3.93. The zero-order chi connectivity index (χ0) is 15.6. The number of rotatable bonds is 5. The van der Waals surface area contributed by atoms with Crippen molar-refractivity contribution < 1.29 is 9.47 Å². The molecule has 1 aromatic rings. The lowest BCUT2D eigenvalue weighted by Gasteiger charge is -2.32. The van der Waals surface area contributed by atoms with Crippen molar-refractivity contribution in [1.29, 1.82) is 0 Å². The van der Waals surface area contributed by atoms with Crippen molar-refractivity contribution in [3.05, 3.63) is 22.7 Å². The Morgan fingerprint density at radius 2 is 1.87 bits per heavy atom. The van der Waals surface area contributed by atoms with E-state index < -0.39 is 0 Å². The Kier molecular flexibility index (Phi) is 4.65. The second-order valence-corrected chi connectivity index (χ2v) is 7.41. The number of benzene rings is 1. The summed E-state index contributed by atoms with van der Waals surface area (Å²) in [6.07, 6.45) is 5.34. The Labute approximate surface area is 143 Å². The van der Waals surface area contributed by atoms with E-state index in [1.807, 2.05) is 6.07 Å². The normalized spacial score (nSPS) is 22.3. The number of hydrogen-bond acceptors (Lipinski definition) is 4. The highest BCUT2D eigenvalue weighted by Gasteiger charge is 2.25. The number of hydrogen-bond donors (Lipinski definition) is 1. The summed E-state index contributed by atoms with van der Waals surface area (Å²) >= 11 is 6.33. The zero-order valence-electron chi connectivity index (χ0n) is 13.5. The van der Waals surface area contributed by atoms with Crippen LogP contribution in [0.25, 0.3) is 0 Å². The second-order valence-electron chi connectivity index (χ2n) is 7.00. The Morgan fingerprint density at radius 3 is 2.65 bits per heavy atom. The fraction of sp³-hybridized carbons (Fsp3) is 0.667. The molecule has 4 nitrogen and oxygen atoms in total. The minimum atomic E-state index is 0.577. The maximum absolute atomic E-state index is 6.33. The lowest BCUT2D eigenvalue weighted by molar-refractivity contribution is 0.170. The van der Waals surface area contributed by atoms with Crippen LogP contribution in [0.1, 0.15) is 31.2 Å². The monoisotopic (exact) mass is 336 g/mol. The van der Waals surface area contributed by atoms with E-state index in [2.05, 4.69) is 16.3 Å². The molecule has 0 bridgehead atoms. The first-order valence-corrected chi connectivity index (χ1v) is 9.19. The van der Waals surface area contributed by atoms with Crippen molar-refractivity contribution in [3.8, 4) is 11.5 Å². The van der Waals surface area contributed by atoms with Crippen molar-refractivity contribution in [1.82, 2.24) is 10.2 Å². The van der Waals surface area contributed by atoms with Gasteiger partial charge in [0.25, 0.3) is 0 Å². The van der Waals surface area contributed by atoms with Gasteiger partial charge in [0.2, 0.25) is 0 Å². The molecule has 23 heavy (non-hydrogen) atoms. The molecule has 1 N–H and O–H groups in total. The average molecular weight is 337 g/mol. The maximum Gasteiger partial charge on any atom is 0.179 e. The van der Waals surface area contributed by atoms with E-state index in [1.54, 1.807) is 0 Å². The molecule has 4 rings (SSSR count). The standard InChI is InChI=1S/C18H25ClN2O2/c19-16-9-14(10-17-18(16)23-8-7-22-17)12-21-5-3-15(4-6-21)20-11-13-1-2-13/h9-10,13,15,20H,1-8,11-12H2. The predicted molar refractivity (Wildman–Crippen MR) is 91.5 cm³/mol. The molecule has 1 saturated carbocycles. The summed E-state index contributed by atoms with van der Waals surface area (Å²) in [5.74, 6) is 2.46. The van der Waals surface area contributed by atoms with Gasteiger partial charge in [-0.2, -0.15) is 0 Å². The summed E-state index contributed by atoms with van der Waals surface area (Å²) in [6.45, 7) is 5.63. The van der Waals surface area contributed by atoms with Crippen molar-refractivity contribution in [3.63, 3.8) is 0 Å². The number of nitrogens with zero attached hydrogens (tertiary/aromatic N) is 1. The predicted octanol–water partition coefficient (Wildman–Crippen LogP) is 3.08. The topological polar surface area (TPSA) is 33.7 Å². The number of halogens is 1. The van der Waals surface area contributed by atoms with E-state index in [-0.39, 0.29) is 0 Å². The lowest BCUT2D eigenvalue weighted by Crippen LogP contribution is -2.42. The summed E-state index contributed by atoms with van der Waals surface area (Å²) in [5.41, 5.74) is 1.21. The van der Waals surface area contributed by atoms with Crippen LogP contribution in [0.3, 0.4) is 0 Å². The van der Waals surface area contributed by atoms with Crippen molar-refractivity contribution in [2.45, 2.75) is 38.3 Å². The number of ether oxygens (including phenoxy) is 2. The molecular formula is C18H25ClN2O2. The summed E-state index contributed by atoms with van der Waals surface area (Å²) in [7, 11) is 0. The fourth-order valence-corrected chi connectivity index (χ4v) is 3.75. The molecule has 2 fully saturated rings. The van der Waals surface area contributed by atoms with Crippen LogP contribution in [0.15, 0.2) is 12.1 Å². The maximum atomic E-state index is 6.33. The molecule has 0 spiro atoms. The summed E-state index contributed by atoms with van der Waals surface area (Å²) in [5, 5.41) is 4.40. The van der Waals surface area contributed by atoms with Gasteiger partial charge in [0.15, 0.2) is 11.5 Å². The van der Waals surface area contributed by atoms with Gasteiger partial charge in [-0.05, 0) is 68.9 Å². The van der Waals surface area contributed by atoms with Crippen LogP contribution in [0.2, 0.25) is 5.02 Å². The molecule has 2 heterocycles. The molecule has 1 saturated heterocycles. The Morgan fingerprint density at radius 1 is 1.09 bits per heavy atom. The van der Waals surface area contributed by atoms with Gasteiger partial charge in [-0.25, -0.2) is 0 Å². The quantitative estimate of drug-likeness (QED) is 0.896. The largest absolute Gasteiger partial charge is 0.486 e. The van der Waals surface area contributed by atoms with Gasteiger partial charge in [0.05, 0.1) is 5.02 Å². The summed E-state index contributed by atoms with van der Waals surface area (Å²) < 4.78 is 11.3. The minimum absolute atomic E-state index is 0.577. The number of fused-ring (bicyclic) bond motifs is 1. The first-order valence-electron chi connectivity index (χ1n) is 8.81. The van der Waals surface area contributed by atoms with Crippen LogP contribution in [0.5, 0.6) is 11.5 Å². The van der Waals surface area contributed by atoms with Gasteiger partial charge in [-0.15, -0.1) is 0 Å². The van der Waals surface area contributed by atoms with E-state index in [4.69, 9.17) is 21.1 Å². The van der Waals surface area contributed by atoms with Gasteiger partial charge >= 0.3 is 0 Å². The molecule has 1 aliphatic carbocycles. The van der Waals surface area contributed by atoms with Crippen LogP contribution >= 0.6 is 11.6 Å². The smallest absolute Gasteiger partial charge is 0.179 e. The van der Waals surface area contributed by atoms with E-state index in [9.17, 15) is 0 Å². The lowest BCUT2D eigenvalue weighted by atomic mass is 10.0. The first kappa shape index (κ1) is 15.6. The molecule has 0 aromatic heterocycles. The summed E-state index contributed by atoms with van der Waals surface area (Å²) in [6, 6.07) is 4.81. The van der Waals surface area contributed by atoms with Crippen molar-refractivity contribution >= 4 is 11.6 Å². The fourth-order valence-electron chi connectivity index (χ4n) is 3.46. The zero-order valence-corrected chi connectivity index (χ0v) is 14.3. The Bertz CT molecular complexity index is 554. The number of likely N-dealkylation sites (tertiary alicyclic amines) is 1. The van der Waals surface area contributed by atoms with Gasteiger partial charge in [-0.3, -0.25) is 4.90 Å². The third-order valence-electron chi connectivity index (χ3n) is 5.04. The second kappa shape index (κ2) is 6.88. The number of piperidine rings is 1. The number of nitrogens with one attached hydrogen (secondary N) is 1. The minimum Gasteiger partial charge on any atom is -0.486 e.